The maximum absolute atomic E-state index is 13.4. The third-order valence-corrected chi connectivity index (χ3v) is 10.3. The minimum Gasteiger partial charge on any atom is -0.427 e. The van der Waals surface area contributed by atoms with Crippen LogP contribution in [0.4, 0.5) is 0 Å². The third-order valence-electron chi connectivity index (χ3n) is 10.3. The van der Waals surface area contributed by atoms with Crippen LogP contribution in [-0.4, -0.2) is 49.2 Å². The molecule has 1 amide bonds. The quantitative estimate of drug-likeness (QED) is 0.641. The molecule has 6 heteroatoms. The van der Waals surface area contributed by atoms with Crippen LogP contribution in [0.1, 0.15) is 83.5 Å². The van der Waals surface area contributed by atoms with E-state index in [1.165, 1.54) is 64.2 Å². The number of hydrogen-bond acceptors (Lipinski definition) is 4. The number of hydrogen-bond donors (Lipinski definition) is 2. The molecule has 5 nitrogen and oxygen atoms in total. The molecule has 2 aliphatic heterocycles. The summed E-state index contributed by atoms with van der Waals surface area (Å²) in [5, 5.41) is 10.2. The zero-order valence-electron chi connectivity index (χ0n) is 20.0. The van der Waals surface area contributed by atoms with Crippen LogP contribution in [0.5, 0.6) is 0 Å². The van der Waals surface area contributed by atoms with Gasteiger partial charge in [-0.05, 0) is 106 Å². The molecule has 2 saturated heterocycles. The van der Waals surface area contributed by atoms with E-state index in [2.05, 4.69) is 4.90 Å². The minimum absolute atomic E-state index is 0.240. The van der Waals surface area contributed by atoms with Gasteiger partial charge in [0.15, 0.2) is 0 Å². The normalized spacial score (nSPS) is 41.5. The predicted octanol–water partition coefficient (Wildman–Crippen LogP) is 4.09. The Morgan fingerprint density at radius 1 is 0.844 bits per heavy atom. The van der Waals surface area contributed by atoms with Crippen molar-refractivity contribution in [1.82, 2.24) is 4.90 Å². The molecule has 0 spiro atoms. The molecule has 32 heavy (non-hydrogen) atoms. The van der Waals surface area contributed by atoms with Crippen molar-refractivity contribution in [3.05, 3.63) is 0 Å². The molecule has 0 bridgehead atoms. The Morgan fingerprint density at radius 2 is 1.53 bits per heavy atom. The molecule has 180 valence electrons. The van der Waals surface area contributed by atoms with Crippen molar-refractivity contribution in [3.63, 3.8) is 0 Å². The van der Waals surface area contributed by atoms with Crippen LogP contribution >= 0.6 is 0 Å². The number of carbonyl (C=O) groups excluding carboxylic acids is 1. The molecule has 5 aliphatic rings. The zero-order valence-corrected chi connectivity index (χ0v) is 20.0. The summed E-state index contributed by atoms with van der Waals surface area (Å²) < 4.78 is 5.53. The van der Waals surface area contributed by atoms with Crippen molar-refractivity contribution in [3.8, 4) is 0 Å². The Labute approximate surface area is 195 Å². The fourth-order valence-electron chi connectivity index (χ4n) is 8.34. The van der Waals surface area contributed by atoms with Crippen molar-refractivity contribution < 1.29 is 14.5 Å². The summed E-state index contributed by atoms with van der Waals surface area (Å²) in [5.41, 5.74) is 5.97. The standard InChI is InChI=1S/C26H45BN2O3/c28-16-18-3-1-4-20(13-18)19-9-11-29(12-10-19)26(30)23-6-2-5-21(14-23)22-7-8-24-17-32-27(31)25(24)15-22/h18-25,31H,1-17,28H2. The number of fused-ring (bicyclic) bond motifs is 1. The van der Waals surface area contributed by atoms with Gasteiger partial charge < -0.3 is 20.3 Å². The average molecular weight is 444 g/mol. The van der Waals surface area contributed by atoms with E-state index >= 15 is 0 Å². The summed E-state index contributed by atoms with van der Waals surface area (Å²) in [6.07, 6.45) is 16.0. The van der Waals surface area contributed by atoms with Crippen LogP contribution < -0.4 is 5.73 Å². The maximum atomic E-state index is 13.4. The molecule has 3 saturated carbocycles. The minimum atomic E-state index is -0.547. The highest BCUT2D eigenvalue weighted by molar-refractivity contribution is 6.45. The molecule has 3 aliphatic carbocycles. The molecular weight excluding hydrogens is 399 g/mol. The van der Waals surface area contributed by atoms with E-state index < -0.39 is 7.12 Å². The smallest absolute Gasteiger partial charge is 0.427 e. The number of nitrogens with two attached hydrogens (primary N) is 1. The second-order valence-corrected chi connectivity index (χ2v) is 12.0. The first-order valence-electron chi connectivity index (χ1n) is 13.9. The van der Waals surface area contributed by atoms with E-state index in [0.717, 1.165) is 63.3 Å². The highest BCUT2D eigenvalue weighted by Crippen LogP contribution is 2.49. The van der Waals surface area contributed by atoms with Gasteiger partial charge in [0.2, 0.25) is 5.91 Å². The van der Waals surface area contributed by atoms with Crippen molar-refractivity contribution in [2.45, 2.75) is 89.3 Å². The monoisotopic (exact) mass is 444 g/mol. The topological polar surface area (TPSA) is 75.8 Å². The van der Waals surface area contributed by atoms with Crippen molar-refractivity contribution in [1.29, 1.82) is 0 Å². The Morgan fingerprint density at radius 3 is 2.31 bits per heavy atom. The van der Waals surface area contributed by atoms with Gasteiger partial charge >= 0.3 is 7.12 Å². The summed E-state index contributed by atoms with van der Waals surface area (Å²) in [7, 11) is -0.547. The van der Waals surface area contributed by atoms with Crippen LogP contribution in [0, 0.1) is 41.4 Å². The number of nitrogens with zero attached hydrogens (tertiary/aromatic N) is 1. The lowest BCUT2D eigenvalue weighted by molar-refractivity contribution is -0.139. The SMILES string of the molecule is NCC1CCCC(C2CCN(C(=O)C3CCCC(C4CCC5COB(O)C5C4)C3)CC2)C1. The Hall–Kier alpha value is -0.585. The van der Waals surface area contributed by atoms with E-state index in [1.54, 1.807) is 0 Å². The van der Waals surface area contributed by atoms with Gasteiger partial charge in [0.25, 0.3) is 0 Å². The summed E-state index contributed by atoms with van der Waals surface area (Å²) >= 11 is 0. The zero-order chi connectivity index (χ0) is 22.1. The fourth-order valence-corrected chi connectivity index (χ4v) is 8.34. The van der Waals surface area contributed by atoms with E-state index in [9.17, 15) is 9.82 Å². The van der Waals surface area contributed by atoms with E-state index in [1.807, 2.05) is 0 Å². The van der Waals surface area contributed by atoms with Gasteiger partial charge in [-0.15, -0.1) is 0 Å². The van der Waals surface area contributed by atoms with Gasteiger partial charge in [-0.1, -0.05) is 25.7 Å². The number of carbonyl (C=O) groups is 1. The highest BCUT2D eigenvalue weighted by Gasteiger charge is 2.46. The molecule has 7 unspecified atom stereocenters. The number of likely N-dealkylation sites (tertiary alicyclic amines) is 1. The molecule has 0 radical (unpaired) electrons. The van der Waals surface area contributed by atoms with Crippen molar-refractivity contribution in [2.75, 3.05) is 26.2 Å². The van der Waals surface area contributed by atoms with Crippen molar-refractivity contribution >= 4 is 13.0 Å². The number of piperidine rings is 1. The molecule has 5 rings (SSSR count). The van der Waals surface area contributed by atoms with Gasteiger partial charge in [-0.25, -0.2) is 0 Å². The second-order valence-electron chi connectivity index (χ2n) is 12.0. The number of rotatable bonds is 4. The van der Waals surface area contributed by atoms with Crippen LogP contribution in [0.25, 0.3) is 0 Å². The van der Waals surface area contributed by atoms with E-state index in [4.69, 9.17) is 10.4 Å². The second kappa shape index (κ2) is 10.4. The first-order chi connectivity index (χ1) is 15.6. The van der Waals surface area contributed by atoms with Crippen LogP contribution in [-0.2, 0) is 9.45 Å². The molecule has 0 aromatic heterocycles. The van der Waals surface area contributed by atoms with Gasteiger partial charge in [0.1, 0.15) is 0 Å². The van der Waals surface area contributed by atoms with Gasteiger partial charge in [-0.3, -0.25) is 4.79 Å². The molecule has 0 aromatic rings. The lowest BCUT2D eigenvalue weighted by Crippen LogP contribution is -2.45. The highest BCUT2D eigenvalue weighted by atomic mass is 16.5. The summed E-state index contributed by atoms with van der Waals surface area (Å²) in [6.45, 7) is 3.55. The summed E-state index contributed by atoms with van der Waals surface area (Å²) in [4.78, 5) is 15.7. The van der Waals surface area contributed by atoms with E-state index in [0.29, 0.717) is 29.5 Å². The lowest BCUT2D eigenvalue weighted by Gasteiger charge is -2.42. The molecule has 0 aromatic carbocycles. The van der Waals surface area contributed by atoms with Crippen molar-refractivity contribution in [2.24, 2.45) is 47.2 Å². The molecule has 3 N–H and O–H groups in total. The summed E-state index contributed by atoms with van der Waals surface area (Å²) in [6, 6.07) is 0. The maximum Gasteiger partial charge on any atom is 0.457 e. The molecule has 2 heterocycles. The molecule has 7 atom stereocenters. The van der Waals surface area contributed by atoms with Gasteiger partial charge in [0.05, 0.1) is 0 Å². The Kier molecular flexibility index (Phi) is 7.50. The largest absolute Gasteiger partial charge is 0.457 e. The third kappa shape index (κ3) is 4.93. The van der Waals surface area contributed by atoms with Crippen LogP contribution in [0.15, 0.2) is 0 Å². The van der Waals surface area contributed by atoms with Gasteiger partial charge in [-0.2, -0.15) is 0 Å². The number of amides is 1. The molecule has 5 fully saturated rings. The predicted molar refractivity (Wildman–Crippen MR) is 128 cm³/mol. The van der Waals surface area contributed by atoms with Gasteiger partial charge in [0, 0.05) is 25.6 Å². The molecular formula is C26H45BN2O3. The van der Waals surface area contributed by atoms with E-state index in [-0.39, 0.29) is 5.92 Å². The Bertz CT molecular complexity index is 641. The van der Waals surface area contributed by atoms with Crippen LogP contribution in [0.2, 0.25) is 5.82 Å². The Balaban J connectivity index is 1.11. The fraction of sp³-hybridized carbons (Fsp3) is 0.962. The first kappa shape index (κ1) is 23.2. The lowest BCUT2D eigenvalue weighted by atomic mass is 9.57. The first-order valence-corrected chi connectivity index (χ1v) is 13.9. The van der Waals surface area contributed by atoms with Crippen LogP contribution in [0.3, 0.4) is 0 Å². The summed E-state index contributed by atoms with van der Waals surface area (Å²) in [5.74, 6) is 5.32. The average Bonchev–Trinajstić information content (AvgIpc) is 3.24.